The first-order valence-corrected chi connectivity index (χ1v) is 7.70. The molecular weight excluding hydrogens is 386 g/mol. The minimum Gasteiger partial charge on any atom is -0.480 e. The predicted molar refractivity (Wildman–Crippen MR) is 78.1 cm³/mol. The minimum atomic E-state index is -1.01. The highest BCUT2D eigenvalue weighted by atomic mass is 79.9. The molecule has 1 atom stereocenters. The summed E-state index contributed by atoms with van der Waals surface area (Å²) in [7, 11) is 0. The topological polar surface area (TPSA) is 66.4 Å². The molecule has 100 valence electrons. The lowest BCUT2D eigenvalue weighted by atomic mass is 10.0. The molecule has 0 saturated heterocycles. The summed E-state index contributed by atoms with van der Waals surface area (Å²) in [5.74, 6) is -1.19. The second kappa shape index (κ2) is 6.68. The number of amides is 1. The van der Waals surface area contributed by atoms with Crippen molar-refractivity contribution >= 4 is 55.1 Å². The SMILES string of the molecule is CC(C)C[C@@H](NC(=O)c1cc(Br)sc1Br)C(=O)O. The Balaban J connectivity index is 2.78. The third kappa shape index (κ3) is 4.37. The number of carboxylic acid groups (broad SMARTS) is 1. The second-order valence-electron chi connectivity index (χ2n) is 4.23. The average Bonchev–Trinajstić information content (AvgIpc) is 2.56. The van der Waals surface area contributed by atoms with Gasteiger partial charge in [-0.05, 0) is 50.3 Å². The lowest BCUT2D eigenvalue weighted by molar-refractivity contribution is -0.139. The van der Waals surface area contributed by atoms with E-state index in [1.54, 1.807) is 6.07 Å². The van der Waals surface area contributed by atoms with Crippen LogP contribution in [-0.4, -0.2) is 23.0 Å². The summed E-state index contributed by atoms with van der Waals surface area (Å²) >= 11 is 7.93. The Morgan fingerprint density at radius 1 is 1.44 bits per heavy atom. The first-order chi connectivity index (χ1) is 8.31. The van der Waals surface area contributed by atoms with Gasteiger partial charge in [-0.1, -0.05) is 13.8 Å². The molecule has 2 N–H and O–H groups in total. The number of hydrogen-bond acceptors (Lipinski definition) is 3. The van der Waals surface area contributed by atoms with Crippen LogP contribution in [0, 0.1) is 5.92 Å². The van der Waals surface area contributed by atoms with Crippen LogP contribution in [0.1, 0.15) is 30.6 Å². The van der Waals surface area contributed by atoms with E-state index in [9.17, 15) is 9.59 Å². The van der Waals surface area contributed by atoms with E-state index in [1.165, 1.54) is 11.3 Å². The van der Waals surface area contributed by atoms with Crippen LogP contribution >= 0.6 is 43.2 Å². The van der Waals surface area contributed by atoms with Gasteiger partial charge in [0.15, 0.2) is 0 Å². The quantitative estimate of drug-likeness (QED) is 0.797. The number of nitrogens with one attached hydrogen (secondary N) is 1. The lowest BCUT2D eigenvalue weighted by Gasteiger charge is -2.16. The number of halogens is 2. The monoisotopic (exact) mass is 397 g/mol. The van der Waals surface area contributed by atoms with Gasteiger partial charge < -0.3 is 10.4 Å². The Morgan fingerprint density at radius 3 is 2.44 bits per heavy atom. The van der Waals surface area contributed by atoms with Crippen molar-refractivity contribution in [2.75, 3.05) is 0 Å². The van der Waals surface area contributed by atoms with Gasteiger partial charge in [-0.2, -0.15) is 0 Å². The summed E-state index contributed by atoms with van der Waals surface area (Å²) in [4.78, 5) is 23.0. The number of carbonyl (C=O) groups excluding carboxylic acids is 1. The zero-order valence-corrected chi connectivity index (χ0v) is 13.9. The van der Waals surface area contributed by atoms with Crippen molar-refractivity contribution in [3.63, 3.8) is 0 Å². The summed E-state index contributed by atoms with van der Waals surface area (Å²) in [6.45, 7) is 3.83. The van der Waals surface area contributed by atoms with Crippen LogP contribution in [-0.2, 0) is 4.79 Å². The zero-order valence-electron chi connectivity index (χ0n) is 9.87. The smallest absolute Gasteiger partial charge is 0.326 e. The summed E-state index contributed by atoms with van der Waals surface area (Å²) < 4.78 is 1.50. The van der Waals surface area contributed by atoms with E-state index in [0.717, 1.165) is 3.79 Å². The number of carbonyl (C=O) groups is 2. The van der Waals surface area contributed by atoms with Crippen LogP contribution in [0.2, 0.25) is 0 Å². The molecule has 1 aromatic heterocycles. The van der Waals surface area contributed by atoms with E-state index in [1.807, 2.05) is 13.8 Å². The van der Waals surface area contributed by atoms with Gasteiger partial charge in [0.25, 0.3) is 5.91 Å². The van der Waals surface area contributed by atoms with E-state index in [2.05, 4.69) is 37.2 Å². The maximum Gasteiger partial charge on any atom is 0.326 e. The first kappa shape index (κ1) is 15.7. The Kier molecular flexibility index (Phi) is 5.81. The van der Waals surface area contributed by atoms with Crippen LogP contribution in [0.5, 0.6) is 0 Å². The standard InChI is InChI=1S/C11H13Br2NO3S/c1-5(2)3-7(11(16)17)14-10(15)6-4-8(12)18-9(6)13/h4-5,7H,3H2,1-2H3,(H,14,15)(H,16,17)/t7-/m1/s1. The Labute approximate surface area is 126 Å². The molecule has 0 unspecified atom stereocenters. The fourth-order valence-corrected chi connectivity index (χ4v) is 4.22. The largest absolute Gasteiger partial charge is 0.480 e. The van der Waals surface area contributed by atoms with Crippen molar-refractivity contribution in [3.05, 3.63) is 19.2 Å². The molecule has 7 heteroatoms. The number of thiophene rings is 1. The van der Waals surface area contributed by atoms with E-state index < -0.39 is 12.0 Å². The van der Waals surface area contributed by atoms with Crippen LogP contribution in [0.25, 0.3) is 0 Å². The van der Waals surface area contributed by atoms with Crippen molar-refractivity contribution < 1.29 is 14.7 Å². The number of aliphatic carboxylic acids is 1. The molecule has 0 radical (unpaired) electrons. The second-order valence-corrected chi connectivity index (χ2v) is 7.98. The number of carboxylic acids is 1. The maximum atomic E-state index is 12.0. The molecule has 18 heavy (non-hydrogen) atoms. The minimum absolute atomic E-state index is 0.198. The highest BCUT2D eigenvalue weighted by Gasteiger charge is 2.23. The van der Waals surface area contributed by atoms with E-state index in [-0.39, 0.29) is 11.8 Å². The van der Waals surface area contributed by atoms with Gasteiger partial charge in [-0.15, -0.1) is 11.3 Å². The van der Waals surface area contributed by atoms with Crippen molar-refractivity contribution in [1.29, 1.82) is 0 Å². The van der Waals surface area contributed by atoms with Gasteiger partial charge in [-0.3, -0.25) is 4.79 Å². The average molecular weight is 399 g/mol. The number of hydrogen-bond donors (Lipinski definition) is 2. The molecule has 0 aromatic carbocycles. The third-order valence-electron chi connectivity index (χ3n) is 2.21. The highest BCUT2D eigenvalue weighted by Crippen LogP contribution is 2.31. The van der Waals surface area contributed by atoms with E-state index >= 15 is 0 Å². The molecule has 4 nitrogen and oxygen atoms in total. The van der Waals surface area contributed by atoms with Crippen molar-refractivity contribution in [2.24, 2.45) is 5.92 Å². The zero-order chi connectivity index (χ0) is 13.9. The molecular formula is C11H13Br2NO3S. The first-order valence-electron chi connectivity index (χ1n) is 5.29. The molecule has 0 bridgehead atoms. The van der Waals surface area contributed by atoms with Crippen molar-refractivity contribution in [3.8, 4) is 0 Å². The van der Waals surface area contributed by atoms with Crippen LogP contribution in [0.15, 0.2) is 13.6 Å². The Bertz CT molecular complexity index is 459. The van der Waals surface area contributed by atoms with Gasteiger partial charge in [-0.25, -0.2) is 4.79 Å². The molecule has 1 aromatic rings. The molecule has 1 amide bonds. The molecule has 0 spiro atoms. The molecule has 1 heterocycles. The van der Waals surface area contributed by atoms with Gasteiger partial charge in [0.1, 0.15) is 6.04 Å². The molecule has 0 aliphatic carbocycles. The van der Waals surface area contributed by atoms with Gasteiger partial charge in [0, 0.05) is 0 Å². The fraction of sp³-hybridized carbons (Fsp3) is 0.455. The normalized spacial score (nSPS) is 12.5. The number of rotatable bonds is 5. The fourth-order valence-electron chi connectivity index (χ4n) is 1.42. The Morgan fingerprint density at radius 2 is 2.06 bits per heavy atom. The molecule has 0 aliphatic rings. The van der Waals surface area contributed by atoms with E-state index in [4.69, 9.17) is 5.11 Å². The van der Waals surface area contributed by atoms with Crippen LogP contribution in [0.4, 0.5) is 0 Å². The van der Waals surface area contributed by atoms with Gasteiger partial charge >= 0.3 is 5.97 Å². The van der Waals surface area contributed by atoms with Gasteiger partial charge in [0.2, 0.25) is 0 Å². The molecule has 0 aliphatic heterocycles. The summed E-state index contributed by atoms with van der Waals surface area (Å²) in [5, 5.41) is 11.6. The predicted octanol–water partition coefficient (Wildman–Crippen LogP) is 3.50. The van der Waals surface area contributed by atoms with Crippen molar-refractivity contribution in [1.82, 2.24) is 5.32 Å². The van der Waals surface area contributed by atoms with Crippen molar-refractivity contribution in [2.45, 2.75) is 26.3 Å². The summed E-state index contributed by atoms with van der Waals surface area (Å²) in [6.07, 6.45) is 0.407. The molecule has 0 saturated carbocycles. The molecule has 1 rings (SSSR count). The molecule has 0 fully saturated rings. The lowest BCUT2D eigenvalue weighted by Crippen LogP contribution is -2.41. The summed E-state index contributed by atoms with van der Waals surface area (Å²) in [6, 6.07) is 0.807. The van der Waals surface area contributed by atoms with Crippen LogP contribution < -0.4 is 5.32 Å². The van der Waals surface area contributed by atoms with Crippen LogP contribution in [0.3, 0.4) is 0 Å². The Hall–Kier alpha value is -0.400. The van der Waals surface area contributed by atoms with Gasteiger partial charge in [0.05, 0.1) is 13.1 Å². The highest BCUT2D eigenvalue weighted by molar-refractivity contribution is 9.12. The van der Waals surface area contributed by atoms with E-state index in [0.29, 0.717) is 15.8 Å². The maximum absolute atomic E-state index is 12.0. The third-order valence-corrected chi connectivity index (χ3v) is 4.55. The summed E-state index contributed by atoms with van der Waals surface area (Å²) in [5.41, 5.74) is 0.446.